The number of nitrogens with one attached hydrogen (secondary N) is 1. The lowest BCUT2D eigenvalue weighted by Crippen LogP contribution is -2.46. The van der Waals surface area contributed by atoms with Gasteiger partial charge in [-0.25, -0.2) is 0 Å². The highest BCUT2D eigenvalue weighted by atomic mass is 16.5. The lowest BCUT2D eigenvalue weighted by molar-refractivity contribution is -0.0644. The first kappa shape index (κ1) is 12.9. The Hall–Kier alpha value is -0.160. The number of rotatable bonds is 5. The van der Waals surface area contributed by atoms with Crippen LogP contribution in [-0.4, -0.2) is 49.7 Å². The second-order valence-electron chi connectivity index (χ2n) is 4.82. The third kappa shape index (κ3) is 4.93. The Balaban J connectivity index is 2.21. The number of methoxy groups -OCH3 is 1. The number of aliphatic hydroxyl groups excluding tert-OH is 1. The van der Waals surface area contributed by atoms with Crippen LogP contribution in [0.25, 0.3) is 0 Å². The van der Waals surface area contributed by atoms with Crippen molar-refractivity contribution in [3.05, 3.63) is 0 Å². The van der Waals surface area contributed by atoms with Gasteiger partial charge in [0.25, 0.3) is 0 Å². The summed E-state index contributed by atoms with van der Waals surface area (Å²) < 4.78 is 10.5. The topological polar surface area (TPSA) is 50.7 Å². The summed E-state index contributed by atoms with van der Waals surface area (Å²) in [6.07, 6.45) is 1.59. The molecule has 0 aromatic heterocycles. The molecule has 15 heavy (non-hydrogen) atoms. The standard InChI is InChI=1S/C11H23NO3/c1-11(2)6-9(4-5-15-11)12-7-10(13)8-14-3/h9-10,12-13H,4-8H2,1-3H3. The van der Waals surface area contributed by atoms with Crippen molar-refractivity contribution in [2.75, 3.05) is 26.9 Å². The molecule has 0 aromatic rings. The largest absolute Gasteiger partial charge is 0.389 e. The number of hydrogen-bond acceptors (Lipinski definition) is 4. The molecule has 4 nitrogen and oxygen atoms in total. The Morgan fingerprint density at radius 1 is 1.60 bits per heavy atom. The molecule has 0 amide bonds. The monoisotopic (exact) mass is 217 g/mol. The summed E-state index contributed by atoms with van der Waals surface area (Å²) >= 11 is 0. The van der Waals surface area contributed by atoms with Crippen molar-refractivity contribution < 1.29 is 14.6 Å². The van der Waals surface area contributed by atoms with Crippen molar-refractivity contribution in [3.8, 4) is 0 Å². The maximum absolute atomic E-state index is 9.49. The van der Waals surface area contributed by atoms with E-state index < -0.39 is 6.10 Å². The predicted octanol–water partition coefficient (Wildman–Crippen LogP) is 0.541. The highest BCUT2D eigenvalue weighted by molar-refractivity contribution is 4.83. The van der Waals surface area contributed by atoms with Crippen molar-refractivity contribution in [1.29, 1.82) is 0 Å². The molecule has 0 spiro atoms. The van der Waals surface area contributed by atoms with Gasteiger partial charge in [-0.1, -0.05) is 0 Å². The van der Waals surface area contributed by atoms with Gasteiger partial charge in [-0.2, -0.15) is 0 Å². The van der Waals surface area contributed by atoms with Crippen LogP contribution in [0, 0.1) is 0 Å². The average Bonchev–Trinajstić information content (AvgIpc) is 2.14. The van der Waals surface area contributed by atoms with Crippen molar-refractivity contribution in [2.24, 2.45) is 0 Å². The van der Waals surface area contributed by atoms with Crippen LogP contribution >= 0.6 is 0 Å². The fourth-order valence-corrected chi connectivity index (χ4v) is 1.96. The third-order valence-electron chi connectivity index (χ3n) is 2.70. The van der Waals surface area contributed by atoms with Gasteiger partial charge < -0.3 is 19.9 Å². The zero-order valence-electron chi connectivity index (χ0n) is 9.95. The molecule has 1 aliphatic heterocycles. The molecular weight excluding hydrogens is 194 g/mol. The Bertz CT molecular complexity index is 185. The van der Waals surface area contributed by atoms with Crippen molar-refractivity contribution >= 4 is 0 Å². The Kier molecular flexibility index (Phi) is 4.99. The Labute approximate surface area is 92.0 Å². The van der Waals surface area contributed by atoms with Gasteiger partial charge in [-0.15, -0.1) is 0 Å². The summed E-state index contributed by atoms with van der Waals surface area (Å²) in [4.78, 5) is 0. The van der Waals surface area contributed by atoms with E-state index >= 15 is 0 Å². The van der Waals surface area contributed by atoms with Crippen LogP contribution in [0.4, 0.5) is 0 Å². The minimum absolute atomic E-state index is 0.0396. The molecule has 1 fully saturated rings. The second kappa shape index (κ2) is 5.80. The average molecular weight is 217 g/mol. The van der Waals surface area contributed by atoms with Crippen LogP contribution in [0.3, 0.4) is 0 Å². The van der Waals surface area contributed by atoms with Crippen LogP contribution in [0.5, 0.6) is 0 Å². The summed E-state index contributed by atoms with van der Waals surface area (Å²) in [7, 11) is 1.60. The van der Waals surface area contributed by atoms with E-state index in [1.807, 2.05) is 0 Å². The van der Waals surface area contributed by atoms with Gasteiger partial charge in [0.15, 0.2) is 0 Å². The smallest absolute Gasteiger partial charge is 0.0897 e. The number of aliphatic hydroxyl groups is 1. The highest BCUT2D eigenvalue weighted by Gasteiger charge is 2.28. The third-order valence-corrected chi connectivity index (χ3v) is 2.70. The molecule has 2 N–H and O–H groups in total. The maximum atomic E-state index is 9.49. The summed E-state index contributed by atoms with van der Waals surface area (Å²) in [5.41, 5.74) is -0.0396. The molecule has 90 valence electrons. The molecule has 0 radical (unpaired) electrons. The molecule has 0 aliphatic carbocycles. The first-order chi connectivity index (χ1) is 7.03. The SMILES string of the molecule is COCC(O)CNC1CCOC(C)(C)C1. The first-order valence-electron chi connectivity index (χ1n) is 5.58. The van der Waals surface area contributed by atoms with Crippen LogP contribution < -0.4 is 5.32 Å². The molecule has 1 saturated heterocycles. The number of hydrogen-bond donors (Lipinski definition) is 2. The van der Waals surface area contributed by atoms with E-state index in [2.05, 4.69) is 19.2 Å². The molecule has 1 aliphatic rings. The van der Waals surface area contributed by atoms with Crippen molar-refractivity contribution in [2.45, 2.75) is 44.4 Å². The zero-order chi connectivity index (χ0) is 11.3. The van der Waals surface area contributed by atoms with E-state index in [-0.39, 0.29) is 5.60 Å². The minimum atomic E-state index is -0.416. The van der Waals surface area contributed by atoms with Crippen molar-refractivity contribution in [1.82, 2.24) is 5.32 Å². The highest BCUT2D eigenvalue weighted by Crippen LogP contribution is 2.23. The molecule has 2 unspecified atom stereocenters. The Morgan fingerprint density at radius 3 is 2.93 bits per heavy atom. The van der Waals surface area contributed by atoms with Gasteiger partial charge >= 0.3 is 0 Å². The van der Waals surface area contributed by atoms with E-state index in [9.17, 15) is 5.11 Å². The van der Waals surface area contributed by atoms with E-state index in [1.54, 1.807) is 7.11 Å². The maximum Gasteiger partial charge on any atom is 0.0897 e. The molecule has 4 heteroatoms. The lowest BCUT2D eigenvalue weighted by Gasteiger charge is -2.36. The van der Waals surface area contributed by atoms with E-state index in [4.69, 9.17) is 9.47 Å². The predicted molar refractivity (Wildman–Crippen MR) is 58.9 cm³/mol. The molecule has 1 heterocycles. The van der Waals surface area contributed by atoms with Gasteiger partial charge in [0.2, 0.25) is 0 Å². The lowest BCUT2D eigenvalue weighted by atomic mass is 9.94. The fraction of sp³-hybridized carbons (Fsp3) is 1.00. The van der Waals surface area contributed by atoms with Gasteiger partial charge in [-0.05, 0) is 26.7 Å². The second-order valence-corrected chi connectivity index (χ2v) is 4.82. The van der Waals surface area contributed by atoms with E-state index in [0.717, 1.165) is 19.4 Å². The molecule has 0 aromatic carbocycles. The number of ether oxygens (including phenoxy) is 2. The summed E-state index contributed by atoms with van der Waals surface area (Å²) in [5.74, 6) is 0. The van der Waals surface area contributed by atoms with E-state index in [1.165, 1.54) is 0 Å². The Morgan fingerprint density at radius 2 is 2.33 bits per heavy atom. The molecule has 0 bridgehead atoms. The first-order valence-corrected chi connectivity index (χ1v) is 5.58. The zero-order valence-corrected chi connectivity index (χ0v) is 9.95. The normalized spacial score (nSPS) is 27.6. The summed E-state index contributed by atoms with van der Waals surface area (Å²) in [6, 6.07) is 0.445. The molecule has 0 saturated carbocycles. The quantitative estimate of drug-likeness (QED) is 0.706. The van der Waals surface area contributed by atoms with E-state index in [0.29, 0.717) is 19.2 Å². The summed E-state index contributed by atoms with van der Waals surface area (Å²) in [5, 5.41) is 12.8. The van der Waals surface area contributed by atoms with Gasteiger partial charge in [-0.3, -0.25) is 0 Å². The summed E-state index contributed by atoms with van der Waals surface area (Å²) in [6.45, 7) is 5.98. The van der Waals surface area contributed by atoms with Gasteiger partial charge in [0.1, 0.15) is 0 Å². The van der Waals surface area contributed by atoms with Crippen LogP contribution in [0.2, 0.25) is 0 Å². The molecule has 2 atom stereocenters. The minimum Gasteiger partial charge on any atom is -0.389 e. The van der Waals surface area contributed by atoms with Crippen LogP contribution in [0.1, 0.15) is 26.7 Å². The fourth-order valence-electron chi connectivity index (χ4n) is 1.96. The molecular formula is C11H23NO3. The van der Waals surface area contributed by atoms with Gasteiger partial charge in [0.05, 0.1) is 18.3 Å². The van der Waals surface area contributed by atoms with Crippen LogP contribution in [-0.2, 0) is 9.47 Å². The molecule has 1 rings (SSSR count). The van der Waals surface area contributed by atoms with Gasteiger partial charge in [0, 0.05) is 26.3 Å². The van der Waals surface area contributed by atoms with Crippen molar-refractivity contribution in [3.63, 3.8) is 0 Å². The van der Waals surface area contributed by atoms with Crippen LogP contribution in [0.15, 0.2) is 0 Å².